The number of carbonyl (C=O) groups is 1. The van der Waals surface area contributed by atoms with Crippen molar-refractivity contribution in [1.82, 2.24) is 4.90 Å². The van der Waals surface area contributed by atoms with E-state index >= 15 is 0 Å². The second-order valence-electron chi connectivity index (χ2n) is 4.09. The number of carbonyl (C=O) groups excluding carboxylic acids is 1. The maximum Gasteiger partial charge on any atom is 0.239 e. The molecule has 0 aliphatic carbocycles. The Bertz CT molecular complexity index is 264. The SMILES string of the molecule is CCC(C#N)C(=O)N1CC(C)SC(C)C1. The van der Waals surface area contributed by atoms with E-state index in [9.17, 15) is 4.79 Å². The van der Waals surface area contributed by atoms with Gasteiger partial charge >= 0.3 is 0 Å². The minimum absolute atomic E-state index is 0.0130. The van der Waals surface area contributed by atoms with Crippen molar-refractivity contribution < 1.29 is 4.79 Å². The van der Waals surface area contributed by atoms with E-state index in [1.165, 1.54) is 0 Å². The number of thioether (sulfide) groups is 1. The van der Waals surface area contributed by atoms with Crippen molar-refractivity contribution in [3.05, 3.63) is 0 Å². The molecule has 1 aliphatic heterocycles. The Hall–Kier alpha value is -0.690. The Balaban J connectivity index is 2.63. The summed E-state index contributed by atoms with van der Waals surface area (Å²) in [6, 6.07) is 2.08. The predicted molar refractivity (Wildman–Crippen MR) is 62.5 cm³/mol. The van der Waals surface area contributed by atoms with Crippen LogP contribution in [0.2, 0.25) is 0 Å². The van der Waals surface area contributed by atoms with Crippen LogP contribution in [0.5, 0.6) is 0 Å². The summed E-state index contributed by atoms with van der Waals surface area (Å²) in [4.78, 5) is 13.8. The fraction of sp³-hybridized carbons (Fsp3) is 0.818. The summed E-state index contributed by atoms with van der Waals surface area (Å²) < 4.78 is 0. The lowest BCUT2D eigenvalue weighted by molar-refractivity contribution is -0.134. The van der Waals surface area contributed by atoms with Crippen LogP contribution in [0.1, 0.15) is 27.2 Å². The van der Waals surface area contributed by atoms with Crippen LogP contribution in [0.25, 0.3) is 0 Å². The van der Waals surface area contributed by atoms with E-state index in [0.717, 1.165) is 13.1 Å². The first-order chi connectivity index (χ1) is 7.08. The molecule has 1 amide bonds. The number of amides is 1. The molecule has 3 unspecified atom stereocenters. The third kappa shape index (κ3) is 3.13. The van der Waals surface area contributed by atoms with Crippen molar-refractivity contribution in [2.75, 3.05) is 13.1 Å². The molecule has 0 spiro atoms. The summed E-state index contributed by atoms with van der Waals surface area (Å²) in [5.41, 5.74) is 0. The first-order valence-electron chi connectivity index (χ1n) is 5.42. The van der Waals surface area contributed by atoms with Gasteiger partial charge in [-0.15, -0.1) is 0 Å². The predicted octanol–water partition coefficient (Wildman–Crippen LogP) is 1.89. The molecule has 1 fully saturated rings. The van der Waals surface area contributed by atoms with Gasteiger partial charge in [-0.3, -0.25) is 4.79 Å². The third-order valence-corrected chi connectivity index (χ3v) is 3.82. The molecular formula is C11H18N2OS. The van der Waals surface area contributed by atoms with Crippen molar-refractivity contribution in [2.24, 2.45) is 5.92 Å². The number of hydrogen-bond acceptors (Lipinski definition) is 3. The topological polar surface area (TPSA) is 44.1 Å². The number of nitriles is 1. The van der Waals surface area contributed by atoms with Crippen LogP contribution in [0.4, 0.5) is 0 Å². The van der Waals surface area contributed by atoms with Crippen molar-refractivity contribution in [3.63, 3.8) is 0 Å². The van der Waals surface area contributed by atoms with Crippen LogP contribution in [0.3, 0.4) is 0 Å². The van der Waals surface area contributed by atoms with Gasteiger partial charge in [0.2, 0.25) is 5.91 Å². The van der Waals surface area contributed by atoms with Crippen molar-refractivity contribution >= 4 is 17.7 Å². The monoisotopic (exact) mass is 226 g/mol. The van der Waals surface area contributed by atoms with Gasteiger partial charge in [-0.2, -0.15) is 17.0 Å². The molecule has 0 aromatic carbocycles. The summed E-state index contributed by atoms with van der Waals surface area (Å²) >= 11 is 1.91. The van der Waals surface area contributed by atoms with Gasteiger partial charge in [-0.25, -0.2) is 0 Å². The molecule has 84 valence electrons. The first-order valence-corrected chi connectivity index (χ1v) is 6.36. The van der Waals surface area contributed by atoms with Gasteiger partial charge in [0.1, 0.15) is 5.92 Å². The fourth-order valence-electron chi connectivity index (χ4n) is 1.90. The lowest BCUT2D eigenvalue weighted by atomic mass is 10.1. The molecule has 3 nitrogen and oxygen atoms in total. The van der Waals surface area contributed by atoms with Gasteiger partial charge in [0.25, 0.3) is 0 Å². The maximum absolute atomic E-state index is 11.9. The van der Waals surface area contributed by atoms with E-state index in [1.54, 1.807) is 0 Å². The zero-order valence-electron chi connectivity index (χ0n) is 9.56. The van der Waals surface area contributed by atoms with Crippen LogP contribution in [-0.2, 0) is 4.79 Å². The van der Waals surface area contributed by atoms with Crippen molar-refractivity contribution in [3.8, 4) is 6.07 Å². The summed E-state index contributed by atoms with van der Waals surface area (Å²) in [7, 11) is 0. The van der Waals surface area contributed by atoms with E-state index in [4.69, 9.17) is 5.26 Å². The largest absolute Gasteiger partial charge is 0.339 e. The molecule has 3 atom stereocenters. The van der Waals surface area contributed by atoms with E-state index in [1.807, 2.05) is 23.6 Å². The van der Waals surface area contributed by atoms with Crippen LogP contribution < -0.4 is 0 Å². The first kappa shape index (κ1) is 12.4. The lowest BCUT2D eigenvalue weighted by Gasteiger charge is -2.35. The number of rotatable bonds is 2. The number of nitrogens with zero attached hydrogens (tertiary/aromatic N) is 2. The molecule has 1 saturated heterocycles. The van der Waals surface area contributed by atoms with E-state index in [0.29, 0.717) is 16.9 Å². The molecule has 15 heavy (non-hydrogen) atoms. The lowest BCUT2D eigenvalue weighted by Crippen LogP contribution is -2.46. The van der Waals surface area contributed by atoms with Gasteiger partial charge in [-0.05, 0) is 6.42 Å². The highest BCUT2D eigenvalue weighted by Crippen LogP contribution is 2.25. The highest BCUT2D eigenvalue weighted by atomic mass is 32.2. The second kappa shape index (κ2) is 5.41. The van der Waals surface area contributed by atoms with Crippen LogP contribution in [-0.4, -0.2) is 34.4 Å². The normalized spacial score (nSPS) is 28.3. The van der Waals surface area contributed by atoms with Crippen LogP contribution in [0.15, 0.2) is 0 Å². The second-order valence-corrected chi connectivity index (χ2v) is 5.97. The maximum atomic E-state index is 11.9. The van der Waals surface area contributed by atoms with Gasteiger partial charge in [0.05, 0.1) is 6.07 Å². The van der Waals surface area contributed by atoms with Gasteiger partial charge in [0, 0.05) is 23.6 Å². The molecule has 0 N–H and O–H groups in total. The molecule has 1 rings (SSSR count). The molecule has 0 bridgehead atoms. The zero-order chi connectivity index (χ0) is 11.4. The Morgan fingerprint density at radius 2 is 2.07 bits per heavy atom. The number of hydrogen-bond donors (Lipinski definition) is 0. The minimum Gasteiger partial charge on any atom is -0.339 e. The van der Waals surface area contributed by atoms with Crippen LogP contribution in [0, 0.1) is 17.2 Å². The Labute approximate surface area is 95.8 Å². The van der Waals surface area contributed by atoms with Crippen LogP contribution >= 0.6 is 11.8 Å². The fourth-order valence-corrected chi connectivity index (χ4v) is 3.22. The summed E-state index contributed by atoms with van der Waals surface area (Å²) in [6.45, 7) is 7.72. The minimum atomic E-state index is -0.451. The van der Waals surface area contributed by atoms with Gasteiger partial charge < -0.3 is 4.90 Å². The molecule has 0 radical (unpaired) electrons. The standard InChI is InChI=1S/C11H18N2OS/c1-4-10(5-12)11(14)13-6-8(2)15-9(3)7-13/h8-10H,4,6-7H2,1-3H3. The highest BCUT2D eigenvalue weighted by Gasteiger charge is 2.29. The summed E-state index contributed by atoms with van der Waals surface area (Å²) in [6.07, 6.45) is 0.613. The van der Waals surface area contributed by atoms with Gasteiger partial charge in [-0.1, -0.05) is 20.8 Å². The molecule has 4 heteroatoms. The quantitative estimate of drug-likeness (QED) is 0.722. The Kier molecular flexibility index (Phi) is 4.46. The van der Waals surface area contributed by atoms with Crippen molar-refractivity contribution in [2.45, 2.75) is 37.7 Å². The van der Waals surface area contributed by atoms with Crippen molar-refractivity contribution in [1.29, 1.82) is 5.26 Å². The smallest absolute Gasteiger partial charge is 0.239 e. The van der Waals surface area contributed by atoms with Gasteiger partial charge in [0.15, 0.2) is 0 Å². The molecule has 0 saturated carbocycles. The highest BCUT2D eigenvalue weighted by molar-refractivity contribution is 8.00. The zero-order valence-corrected chi connectivity index (χ0v) is 10.4. The van der Waals surface area contributed by atoms with E-state index in [2.05, 4.69) is 19.9 Å². The Morgan fingerprint density at radius 3 is 2.47 bits per heavy atom. The molecular weight excluding hydrogens is 208 g/mol. The summed E-state index contributed by atoms with van der Waals surface area (Å²) in [5, 5.41) is 9.82. The molecule has 1 aliphatic rings. The van der Waals surface area contributed by atoms with E-state index < -0.39 is 5.92 Å². The van der Waals surface area contributed by atoms with E-state index in [-0.39, 0.29) is 5.91 Å². The molecule has 1 heterocycles. The summed E-state index contributed by atoms with van der Waals surface area (Å²) in [5.74, 6) is -0.438. The Morgan fingerprint density at radius 1 is 1.53 bits per heavy atom. The third-order valence-electron chi connectivity index (χ3n) is 2.59. The molecule has 0 aromatic rings. The average Bonchev–Trinajstić information content (AvgIpc) is 2.18. The molecule has 0 aromatic heterocycles. The average molecular weight is 226 g/mol.